The van der Waals surface area contributed by atoms with Gasteiger partial charge in [-0.2, -0.15) is 0 Å². The van der Waals surface area contributed by atoms with Crippen LogP contribution < -0.4 is 11.1 Å². The highest BCUT2D eigenvalue weighted by atomic mass is 16.5. The van der Waals surface area contributed by atoms with Crippen molar-refractivity contribution in [2.24, 2.45) is 5.73 Å². The summed E-state index contributed by atoms with van der Waals surface area (Å²) in [6.07, 6.45) is -1.07. The number of carbonyl (C=O) groups excluding carboxylic acids is 2. The lowest BCUT2D eigenvalue weighted by atomic mass is 9.98. The summed E-state index contributed by atoms with van der Waals surface area (Å²) in [6, 6.07) is 14.6. The summed E-state index contributed by atoms with van der Waals surface area (Å²) in [5.41, 5.74) is 9.36. The lowest BCUT2D eigenvalue weighted by molar-refractivity contribution is -0.139. The van der Waals surface area contributed by atoms with E-state index in [1.165, 1.54) is 0 Å². The van der Waals surface area contributed by atoms with E-state index in [2.05, 4.69) is 5.32 Å². The first-order valence-corrected chi connectivity index (χ1v) is 8.60. The number of alkyl carbamates (subject to hydrolysis) is 1. The number of primary amides is 1. The first-order valence-electron chi connectivity index (χ1n) is 8.60. The number of aliphatic carboxylic acids is 1. The average Bonchev–Trinajstić information content (AvgIpc) is 2.97. The van der Waals surface area contributed by atoms with Crippen LogP contribution in [-0.2, 0) is 14.3 Å². The van der Waals surface area contributed by atoms with Gasteiger partial charge in [-0.05, 0) is 28.7 Å². The standard InChI is InChI=1S/C20H20N2O5/c21-18(23)10-9-17(19(24)25)22-20(26)27-11-16-14-7-3-1-5-12(14)13-6-2-4-8-15(13)16/h1-8,16-17H,9-11H2,(H2,21,23)(H,22,26)(H,24,25). The number of carboxylic acids is 1. The molecule has 0 fully saturated rings. The van der Waals surface area contributed by atoms with Crippen LogP contribution in [0.15, 0.2) is 48.5 Å². The molecule has 2 amide bonds. The Morgan fingerprint density at radius 2 is 1.59 bits per heavy atom. The van der Waals surface area contributed by atoms with Crippen molar-refractivity contribution in [1.29, 1.82) is 0 Å². The number of rotatable bonds is 7. The fourth-order valence-electron chi connectivity index (χ4n) is 3.33. The molecule has 7 heteroatoms. The number of amides is 2. The second kappa shape index (κ2) is 7.90. The van der Waals surface area contributed by atoms with Crippen molar-refractivity contribution < 1.29 is 24.2 Å². The van der Waals surface area contributed by atoms with Gasteiger partial charge < -0.3 is 20.9 Å². The molecule has 0 saturated heterocycles. The third kappa shape index (κ3) is 4.08. The molecule has 7 nitrogen and oxygen atoms in total. The van der Waals surface area contributed by atoms with Crippen LogP contribution in [-0.4, -0.2) is 35.7 Å². The van der Waals surface area contributed by atoms with Crippen molar-refractivity contribution in [2.45, 2.75) is 24.8 Å². The summed E-state index contributed by atoms with van der Waals surface area (Å²) >= 11 is 0. The molecule has 0 heterocycles. The number of carbonyl (C=O) groups is 3. The Balaban J connectivity index is 1.67. The summed E-state index contributed by atoms with van der Waals surface area (Å²) in [6.45, 7) is 0.0853. The van der Waals surface area contributed by atoms with Crippen LogP contribution in [0.25, 0.3) is 11.1 Å². The van der Waals surface area contributed by atoms with E-state index in [0.717, 1.165) is 22.3 Å². The molecular weight excluding hydrogens is 348 g/mol. The predicted molar refractivity (Wildman–Crippen MR) is 98.1 cm³/mol. The predicted octanol–water partition coefficient (Wildman–Crippen LogP) is 2.24. The van der Waals surface area contributed by atoms with Crippen molar-refractivity contribution in [3.63, 3.8) is 0 Å². The molecule has 27 heavy (non-hydrogen) atoms. The fraction of sp³-hybridized carbons (Fsp3) is 0.250. The first-order chi connectivity index (χ1) is 13.0. The number of benzene rings is 2. The van der Waals surface area contributed by atoms with Crippen LogP contribution in [0.3, 0.4) is 0 Å². The molecule has 0 bridgehead atoms. The molecule has 1 aliphatic rings. The molecule has 0 spiro atoms. The second-order valence-corrected chi connectivity index (χ2v) is 6.37. The first kappa shape index (κ1) is 18.4. The molecule has 140 valence electrons. The van der Waals surface area contributed by atoms with E-state index in [1.54, 1.807) is 0 Å². The Labute approximate surface area is 156 Å². The van der Waals surface area contributed by atoms with Gasteiger partial charge in [-0.15, -0.1) is 0 Å². The maximum absolute atomic E-state index is 12.1. The van der Waals surface area contributed by atoms with Gasteiger partial charge in [0, 0.05) is 12.3 Å². The molecule has 2 aromatic rings. The molecule has 1 aliphatic carbocycles. The maximum Gasteiger partial charge on any atom is 0.407 e. The quantitative estimate of drug-likeness (QED) is 0.692. The lowest BCUT2D eigenvalue weighted by Gasteiger charge is -2.17. The Bertz CT molecular complexity index is 835. The van der Waals surface area contributed by atoms with Gasteiger partial charge in [-0.1, -0.05) is 48.5 Å². The highest BCUT2D eigenvalue weighted by Gasteiger charge is 2.29. The molecule has 0 aliphatic heterocycles. The van der Waals surface area contributed by atoms with Gasteiger partial charge in [0.25, 0.3) is 0 Å². The maximum atomic E-state index is 12.1. The number of ether oxygens (including phenoxy) is 1. The second-order valence-electron chi connectivity index (χ2n) is 6.37. The van der Waals surface area contributed by atoms with Crippen LogP contribution in [0, 0.1) is 0 Å². The van der Waals surface area contributed by atoms with Gasteiger partial charge in [0.15, 0.2) is 0 Å². The largest absolute Gasteiger partial charge is 0.480 e. The SMILES string of the molecule is NC(=O)CCC(NC(=O)OCC1c2ccccc2-c2ccccc21)C(=O)O. The van der Waals surface area contributed by atoms with Crippen molar-refractivity contribution in [1.82, 2.24) is 5.32 Å². The van der Waals surface area contributed by atoms with Gasteiger partial charge in [-0.25, -0.2) is 9.59 Å². The van der Waals surface area contributed by atoms with Crippen molar-refractivity contribution in [3.05, 3.63) is 59.7 Å². The highest BCUT2D eigenvalue weighted by Crippen LogP contribution is 2.44. The zero-order valence-electron chi connectivity index (χ0n) is 14.6. The Hall–Kier alpha value is -3.35. The van der Waals surface area contributed by atoms with Crippen LogP contribution in [0.2, 0.25) is 0 Å². The highest BCUT2D eigenvalue weighted by molar-refractivity contribution is 5.82. The number of fused-ring (bicyclic) bond motifs is 3. The summed E-state index contributed by atoms with van der Waals surface area (Å²) in [5.74, 6) is -1.99. The summed E-state index contributed by atoms with van der Waals surface area (Å²) in [7, 11) is 0. The average molecular weight is 368 g/mol. The Morgan fingerprint density at radius 3 is 2.11 bits per heavy atom. The molecule has 0 aromatic heterocycles. The van der Waals surface area contributed by atoms with E-state index < -0.39 is 24.0 Å². The minimum Gasteiger partial charge on any atom is -0.480 e. The zero-order valence-corrected chi connectivity index (χ0v) is 14.6. The lowest BCUT2D eigenvalue weighted by Crippen LogP contribution is -2.42. The molecular formula is C20H20N2O5. The molecule has 1 unspecified atom stereocenters. The normalized spacial score (nSPS) is 13.3. The van der Waals surface area contributed by atoms with E-state index in [1.807, 2.05) is 48.5 Å². The van der Waals surface area contributed by atoms with Gasteiger partial charge in [0.05, 0.1) is 0 Å². The third-order valence-corrected chi connectivity index (χ3v) is 4.61. The zero-order chi connectivity index (χ0) is 19.4. The van der Waals surface area contributed by atoms with E-state index in [0.29, 0.717) is 0 Å². The molecule has 3 rings (SSSR count). The van der Waals surface area contributed by atoms with E-state index >= 15 is 0 Å². The van der Waals surface area contributed by atoms with E-state index in [9.17, 15) is 14.4 Å². The monoisotopic (exact) mass is 368 g/mol. The summed E-state index contributed by atoms with van der Waals surface area (Å²) in [5, 5.41) is 11.4. The number of nitrogens with one attached hydrogen (secondary N) is 1. The number of carboxylic acid groups (broad SMARTS) is 1. The van der Waals surface area contributed by atoms with Crippen molar-refractivity contribution in [2.75, 3.05) is 6.61 Å². The number of hydrogen-bond acceptors (Lipinski definition) is 4. The molecule has 0 radical (unpaired) electrons. The van der Waals surface area contributed by atoms with Gasteiger partial charge in [-0.3, -0.25) is 4.79 Å². The third-order valence-electron chi connectivity index (χ3n) is 4.61. The van der Waals surface area contributed by atoms with Crippen molar-refractivity contribution in [3.8, 4) is 11.1 Å². The van der Waals surface area contributed by atoms with E-state index in [-0.39, 0.29) is 25.4 Å². The minimum atomic E-state index is -1.25. The van der Waals surface area contributed by atoms with E-state index in [4.69, 9.17) is 15.6 Å². The fourth-order valence-corrected chi connectivity index (χ4v) is 3.33. The number of nitrogens with two attached hydrogens (primary N) is 1. The molecule has 1 atom stereocenters. The topological polar surface area (TPSA) is 119 Å². The molecule has 0 saturated carbocycles. The Morgan fingerprint density at radius 1 is 1.04 bits per heavy atom. The number of hydrogen-bond donors (Lipinski definition) is 3. The van der Waals surface area contributed by atoms with Gasteiger partial charge in [0.2, 0.25) is 5.91 Å². The summed E-state index contributed by atoms with van der Waals surface area (Å²) < 4.78 is 5.30. The van der Waals surface area contributed by atoms with Crippen molar-refractivity contribution >= 4 is 18.0 Å². The molecule has 4 N–H and O–H groups in total. The molecule has 2 aromatic carbocycles. The van der Waals surface area contributed by atoms with Crippen LogP contribution >= 0.6 is 0 Å². The van der Waals surface area contributed by atoms with Crippen LogP contribution in [0.1, 0.15) is 29.9 Å². The van der Waals surface area contributed by atoms with Crippen LogP contribution in [0.4, 0.5) is 4.79 Å². The summed E-state index contributed by atoms with van der Waals surface area (Å²) in [4.78, 5) is 34.1. The minimum absolute atomic E-state index is 0.0853. The smallest absolute Gasteiger partial charge is 0.407 e. The van der Waals surface area contributed by atoms with Gasteiger partial charge in [0.1, 0.15) is 12.6 Å². The van der Waals surface area contributed by atoms with Crippen LogP contribution in [0.5, 0.6) is 0 Å². The van der Waals surface area contributed by atoms with Gasteiger partial charge >= 0.3 is 12.1 Å². The Kier molecular flexibility index (Phi) is 5.40.